The molecule has 0 saturated carbocycles. The normalized spacial score (nSPS) is 12.9. The van der Waals surface area contributed by atoms with Crippen molar-refractivity contribution in [2.75, 3.05) is 25.1 Å². The third kappa shape index (κ3) is 4.08. The van der Waals surface area contributed by atoms with Crippen LogP contribution in [0.2, 0.25) is 0 Å². The molecular formula is C27H26N4O2. The van der Waals surface area contributed by atoms with Crippen LogP contribution < -0.4 is 4.90 Å². The molecule has 3 aromatic rings. The number of anilines is 1. The Balaban J connectivity index is 1.84. The molecule has 1 aliphatic rings. The van der Waals surface area contributed by atoms with Crippen LogP contribution in [0.3, 0.4) is 0 Å². The number of carbonyl (C=O) groups is 1. The highest BCUT2D eigenvalue weighted by Crippen LogP contribution is 2.36. The first-order valence-corrected chi connectivity index (χ1v) is 11.0. The number of ether oxygens (including phenoxy) is 1. The van der Waals surface area contributed by atoms with Gasteiger partial charge in [0.25, 0.3) is 0 Å². The van der Waals surface area contributed by atoms with Crippen molar-refractivity contribution in [3.8, 4) is 17.2 Å². The maximum atomic E-state index is 12.8. The van der Waals surface area contributed by atoms with Gasteiger partial charge in [-0.2, -0.15) is 5.26 Å². The number of hydrogen-bond donors (Lipinski definition) is 0. The van der Waals surface area contributed by atoms with Gasteiger partial charge in [0.05, 0.1) is 30.9 Å². The molecule has 6 heteroatoms. The van der Waals surface area contributed by atoms with Crippen molar-refractivity contribution in [3.05, 3.63) is 82.0 Å². The molecule has 0 bridgehead atoms. The third-order valence-electron chi connectivity index (χ3n) is 6.45. The molecule has 0 aliphatic carbocycles. The van der Waals surface area contributed by atoms with Gasteiger partial charge >= 0.3 is 5.97 Å². The highest BCUT2D eigenvalue weighted by Gasteiger charge is 2.26. The highest BCUT2D eigenvalue weighted by atomic mass is 16.5. The molecule has 0 spiro atoms. The number of esters is 1. The number of benzene rings is 2. The first kappa shape index (κ1) is 22.2. The van der Waals surface area contributed by atoms with E-state index in [1.807, 2.05) is 44.2 Å². The summed E-state index contributed by atoms with van der Waals surface area (Å²) in [7, 11) is 1.40. The van der Waals surface area contributed by atoms with Crippen LogP contribution >= 0.6 is 0 Å². The third-order valence-corrected chi connectivity index (χ3v) is 6.45. The van der Waals surface area contributed by atoms with Crippen LogP contribution in [-0.2, 0) is 11.3 Å². The second-order valence-electron chi connectivity index (χ2n) is 8.31. The van der Waals surface area contributed by atoms with Gasteiger partial charge in [0.1, 0.15) is 0 Å². The first-order chi connectivity index (χ1) is 16.0. The standard InChI is InChI=1S/C27H26N4O2/c1-18-25(21-9-11-23(29-3)12-10-21)26(27(32)33-4)19(2)31(18)17-22-8-7-20(16-28)15-24(22)30-13-5-6-14-30/h7-12,15H,5-6,13-14,17H2,1-2,4H3. The Kier molecular flexibility index (Phi) is 6.20. The molecule has 1 fully saturated rings. The summed E-state index contributed by atoms with van der Waals surface area (Å²) in [6.07, 6.45) is 2.30. The van der Waals surface area contributed by atoms with Crippen molar-refractivity contribution in [2.45, 2.75) is 33.2 Å². The summed E-state index contributed by atoms with van der Waals surface area (Å²) in [5, 5.41) is 9.42. The smallest absolute Gasteiger partial charge is 0.340 e. The van der Waals surface area contributed by atoms with E-state index in [1.54, 1.807) is 12.1 Å². The summed E-state index contributed by atoms with van der Waals surface area (Å²) in [4.78, 5) is 18.6. The van der Waals surface area contributed by atoms with Crippen molar-refractivity contribution in [3.63, 3.8) is 0 Å². The van der Waals surface area contributed by atoms with E-state index in [2.05, 4.69) is 20.4 Å². The largest absolute Gasteiger partial charge is 0.465 e. The second kappa shape index (κ2) is 9.22. The van der Waals surface area contributed by atoms with Crippen molar-refractivity contribution >= 4 is 17.3 Å². The Morgan fingerprint density at radius 2 is 1.82 bits per heavy atom. The first-order valence-electron chi connectivity index (χ1n) is 11.0. The number of carbonyl (C=O) groups excluding carboxylic acids is 1. The van der Waals surface area contributed by atoms with Gasteiger partial charge in [-0.05, 0) is 49.9 Å². The Morgan fingerprint density at radius 1 is 1.12 bits per heavy atom. The fourth-order valence-corrected chi connectivity index (χ4v) is 4.72. The lowest BCUT2D eigenvalue weighted by Crippen LogP contribution is -2.20. The van der Waals surface area contributed by atoms with E-state index >= 15 is 0 Å². The lowest BCUT2D eigenvalue weighted by molar-refractivity contribution is 0.0600. The van der Waals surface area contributed by atoms with E-state index < -0.39 is 0 Å². The molecule has 4 rings (SSSR count). The summed E-state index contributed by atoms with van der Waals surface area (Å²) in [6, 6.07) is 15.4. The average molecular weight is 439 g/mol. The minimum Gasteiger partial charge on any atom is -0.465 e. The van der Waals surface area contributed by atoms with Crippen LogP contribution in [0.15, 0.2) is 42.5 Å². The summed E-state index contributed by atoms with van der Waals surface area (Å²) in [5.41, 5.74) is 7.44. The van der Waals surface area contributed by atoms with Gasteiger partial charge < -0.3 is 14.2 Å². The van der Waals surface area contributed by atoms with Gasteiger partial charge in [-0.1, -0.05) is 30.3 Å². The molecule has 2 aromatic carbocycles. The van der Waals surface area contributed by atoms with Crippen LogP contribution in [0.4, 0.5) is 11.4 Å². The minimum absolute atomic E-state index is 0.377. The zero-order chi connectivity index (χ0) is 23.5. The monoisotopic (exact) mass is 438 g/mol. The molecule has 33 heavy (non-hydrogen) atoms. The molecular weight excluding hydrogens is 412 g/mol. The summed E-state index contributed by atoms with van der Waals surface area (Å²) in [6.45, 7) is 13.7. The molecule has 166 valence electrons. The molecule has 0 amide bonds. The average Bonchev–Trinajstić information content (AvgIpc) is 3.47. The minimum atomic E-state index is -0.377. The summed E-state index contributed by atoms with van der Waals surface area (Å²) >= 11 is 0. The van der Waals surface area contributed by atoms with E-state index in [1.165, 1.54) is 7.11 Å². The van der Waals surface area contributed by atoms with E-state index in [0.717, 1.165) is 59.7 Å². The fourth-order valence-electron chi connectivity index (χ4n) is 4.72. The Bertz CT molecular complexity index is 1280. The topological polar surface area (TPSA) is 62.6 Å². The predicted octanol–water partition coefficient (Wildman–Crippen LogP) is 5.63. The van der Waals surface area contributed by atoms with E-state index in [0.29, 0.717) is 23.4 Å². The number of nitrogens with zero attached hydrogens (tertiary/aromatic N) is 4. The van der Waals surface area contributed by atoms with Gasteiger partial charge in [0, 0.05) is 42.3 Å². The van der Waals surface area contributed by atoms with Crippen molar-refractivity contribution < 1.29 is 9.53 Å². The van der Waals surface area contributed by atoms with Crippen LogP contribution in [0.25, 0.3) is 16.0 Å². The fraction of sp³-hybridized carbons (Fsp3) is 0.296. The number of nitriles is 1. The zero-order valence-corrected chi connectivity index (χ0v) is 19.2. The SMILES string of the molecule is [C-]#[N+]c1ccc(-c2c(C(=O)OC)c(C)n(Cc3ccc(C#N)cc3N3CCCC3)c2C)cc1. The lowest BCUT2D eigenvalue weighted by Gasteiger charge is -2.23. The van der Waals surface area contributed by atoms with E-state index in [9.17, 15) is 10.1 Å². The second-order valence-corrected chi connectivity index (χ2v) is 8.31. The Hall–Kier alpha value is -4.03. The number of rotatable bonds is 5. The molecule has 0 N–H and O–H groups in total. The molecule has 0 radical (unpaired) electrons. The van der Waals surface area contributed by atoms with E-state index in [4.69, 9.17) is 11.3 Å². The van der Waals surface area contributed by atoms with Crippen molar-refractivity contribution in [2.24, 2.45) is 0 Å². The van der Waals surface area contributed by atoms with Crippen LogP contribution in [0, 0.1) is 31.8 Å². The number of methoxy groups -OCH3 is 1. The van der Waals surface area contributed by atoms with Crippen molar-refractivity contribution in [1.29, 1.82) is 5.26 Å². The molecule has 0 atom stereocenters. The van der Waals surface area contributed by atoms with Crippen LogP contribution in [-0.4, -0.2) is 30.7 Å². The molecule has 1 saturated heterocycles. The number of hydrogen-bond acceptors (Lipinski definition) is 4. The lowest BCUT2D eigenvalue weighted by atomic mass is 10.0. The molecule has 2 heterocycles. The van der Waals surface area contributed by atoms with Gasteiger partial charge in [-0.3, -0.25) is 0 Å². The Labute approximate surface area is 194 Å². The summed E-state index contributed by atoms with van der Waals surface area (Å²) in [5.74, 6) is -0.377. The van der Waals surface area contributed by atoms with E-state index in [-0.39, 0.29) is 5.97 Å². The molecule has 0 unspecified atom stereocenters. The highest BCUT2D eigenvalue weighted by molar-refractivity contribution is 6.00. The van der Waals surface area contributed by atoms with Gasteiger partial charge in [0.2, 0.25) is 0 Å². The van der Waals surface area contributed by atoms with Gasteiger partial charge in [0.15, 0.2) is 5.69 Å². The van der Waals surface area contributed by atoms with Crippen LogP contribution in [0.5, 0.6) is 0 Å². The molecule has 1 aliphatic heterocycles. The zero-order valence-electron chi connectivity index (χ0n) is 19.2. The molecule has 6 nitrogen and oxygen atoms in total. The Morgan fingerprint density at radius 3 is 2.42 bits per heavy atom. The maximum Gasteiger partial charge on any atom is 0.340 e. The van der Waals surface area contributed by atoms with Gasteiger partial charge in [-0.15, -0.1) is 0 Å². The van der Waals surface area contributed by atoms with Crippen molar-refractivity contribution in [1.82, 2.24) is 4.57 Å². The number of aromatic nitrogens is 1. The summed E-state index contributed by atoms with van der Waals surface area (Å²) < 4.78 is 7.28. The maximum absolute atomic E-state index is 12.8. The molecule has 1 aromatic heterocycles. The predicted molar refractivity (Wildman–Crippen MR) is 129 cm³/mol. The van der Waals surface area contributed by atoms with Crippen LogP contribution in [0.1, 0.15) is 45.7 Å². The quantitative estimate of drug-likeness (QED) is 0.383. The van der Waals surface area contributed by atoms with Gasteiger partial charge in [-0.25, -0.2) is 9.64 Å².